The minimum absolute atomic E-state index is 0.0599. The molecule has 7 heteroatoms. The van der Waals surface area contributed by atoms with Gasteiger partial charge in [-0.05, 0) is 12.8 Å². The van der Waals surface area contributed by atoms with Crippen LogP contribution in [-0.4, -0.2) is 39.8 Å². The number of hydrogen-bond donors (Lipinski definition) is 2. The summed E-state index contributed by atoms with van der Waals surface area (Å²) in [5.74, 6) is -0.272. The minimum Gasteiger partial charge on any atom is -0.376 e. The number of fused-ring (bicyclic) bond motifs is 1. The highest BCUT2D eigenvalue weighted by Crippen LogP contribution is 2.17. The number of rotatable bonds is 4. The zero-order chi connectivity index (χ0) is 17.2. The highest BCUT2D eigenvalue weighted by Gasteiger charge is 2.19. The van der Waals surface area contributed by atoms with Gasteiger partial charge in [0.2, 0.25) is 0 Å². The Balaban J connectivity index is 1.66. The number of H-pyrrole nitrogens is 1. The second-order valence-electron chi connectivity index (χ2n) is 6.04. The van der Waals surface area contributed by atoms with Crippen molar-refractivity contribution in [2.75, 3.05) is 13.2 Å². The van der Waals surface area contributed by atoms with Crippen LogP contribution in [0.2, 0.25) is 0 Å². The predicted molar refractivity (Wildman–Crippen MR) is 92.6 cm³/mol. The lowest BCUT2D eigenvalue weighted by Crippen LogP contribution is -2.31. The maximum Gasteiger partial charge on any atom is 0.273 e. The lowest BCUT2D eigenvalue weighted by Gasteiger charge is -2.10. The molecule has 25 heavy (non-hydrogen) atoms. The zero-order valence-electron chi connectivity index (χ0n) is 13.6. The molecule has 7 nitrogen and oxygen atoms in total. The van der Waals surface area contributed by atoms with Crippen molar-refractivity contribution in [3.63, 3.8) is 0 Å². The molecule has 1 saturated heterocycles. The minimum atomic E-state index is -0.272. The number of benzene rings is 1. The molecule has 0 aliphatic carbocycles. The number of aromatic nitrogens is 3. The third-order valence-corrected chi connectivity index (χ3v) is 4.33. The first kappa shape index (κ1) is 15.6. The van der Waals surface area contributed by atoms with Crippen molar-refractivity contribution in [1.29, 1.82) is 0 Å². The fourth-order valence-electron chi connectivity index (χ4n) is 3.01. The Bertz CT molecular complexity index is 955. The summed E-state index contributed by atoms with van der Waals surface area (Å²) < 4.78 is 6.78. The average molecular weight is 338 g/mol. The van der Waals surface area contributed by atoms with Gasteiger partial charge in [0, 0.05) is 31.0 Å². The van der Waals surface area contributed by atoms with Gasteiger partial charge < -0.3 is 10.1 Å². The standard InChI is InChI=1S/C18H18N4O3/c23-16-9-15(12-5-2-1-3-6-12)21-17-14(11-20-22(16)17)18(24)19-10-13-7-4-8-25-13/h1-3,5-6,9,11,13,20H,4,7-8,10H2,(H,19,24). The summed E-state index contributed by atoms with van der Waals surface area (Å²) in [4.78, 5) is 29.3. The van der Waals surface area contributed by atoms with Crippen LogP contribution in [0.5, 0.6) is 0 Å². The molecule has 1 aromatic carbocycles. The summed E-state index contributed by atoms with van der Waals surface area (Å²) in [6, 6.07) is 10.9. The van der Waals surface area contributed by atoms with Crippen LogP contribution in [0.3, 0.4) is 0 Å². The number of carbonyl (C=O) groups is 1. The maximum atomic E-state index is 12.5. The molecule has 4 rings (SSSR count). The van der Waals surface area contributed by atoms with Crippen molar-refractivity contribution in [3.05, 3.63) is 58.5 Å². The van der Waals surface area contributed by atoms with Gasteiger partial charge in [-0.25, -0.2) is 9.50 Å². The van der Waals surface area contributed by atoms with E-state index in [1.807, 2.05) is 30.3 Å². The van der Waals surface area contributed by atoms with Crippen molar-refractivity contribution in [3.8, 4) is 11.3 Å². The maximum absolute atomic E-state index is 12.5. The zero-order valence-corrected chi connectivity index (χ0v) is 13.6. The summed E-state index contributed by atoms with van der Waals surface area (Å²) in [6.07, 6.45) is 3.53. The number of carbonyl (C=O) groups excluding carboxylic acids is 1. The second kappa shape index (κ2) is 6.52. The number of hydrogen-bond acceptors (Lipinski definition) is 4. The Morgan fingerprint density at radius 1 is 1.36 bits per heavy atom. The van der Waals surface area contributed by atoms with Crippen LogP contribution in [0.15, 0.2) is 47.4 Å². The van der Waals surface area contributed by atoms with Gasteiger partial charge in [0.25, 0.3) is 11.5 Å². The van der Waals surface area contributed by atoms with Gasteiger partial charge in [0.15, 0.2) is 5.65 Å². The monoisotopic (exact) mass is 338 g/mol. The predicted octanol–water partition coefficient (Wildman–Crippen LogP) is 1.60. The normalized spacial score (nSPS) is 17.0. The number of nitrogens with zero attached hydrogens (tertiary/aromatic N) is 2. The molecule has 0 spiro atoms. The molecule has 1 amide bonds. The molecule has 2 N–H and O–H groups in total. The Morgan fingerprint density at radius 3 is 2.96 bits per heavy atom. The molecule has 128 valence electrons. The van der Waals surface area contributed by atoms with E-state index >= 15 is 0 Å². The third kappa shape index (κ3) is 3.06. The Kier molecular flexibility index (Phi) is 4.07. The van der Waals surface area contributed by atoms with Gasteiger partial charge >= 0.3 is 0 Å². The Hall–Kier alpha value is -2.93. The summed E-state index contributed by atoms with van der Waals surface area (Å²) in [5, 5.41) is 5.65. The van der Waals surface area contributed by atoms with Crippen molar-refractivity contribution in [1.82, 2.24) is 19.9 Å². The Labute approximate surface area is 143 Å². The van der Waals surface area contributed by atoms with Crippen LogP contribution < -0.4 is 10.9 Å². The number of aromatic amines is 1. The highest BCUT2D eigenvalue weighted by molar-refractivity contribution is 5.99. The first-order chi connectivity index (χ1) is 12.2. The first-order valence-corrected chi connectivity index (χ1v) is 8.29. The molecule has 1 aliphatic rings. The molecule has 0 bridgehead atoms. The number of nitrogens with one attached hydrogen (secondary N) is 2. The topological polar surface area (TPSA) is 88.5 Å². The molecule has 2 aromatic heterocycles. The van der Waals surface area contributed by atoms with Gasteiger partial charge in [-0.2, -0.15) is 0 Å². The first-order valence-electron chi connectivity index (χ1n) is 8.29. The number of amides is 1. The lowest BCUT2D eigenvalue weighted by atomic mass is 10.1. The molecular weight excluding hydrogens is 320 g/mol. The van der Waals surface area contributed by atoms with E-state index in [1.54, 1.807) is 0 Å². The molecule has 1 unspecified atom stereocenters. The van der Waals surface area contributed by atoms with E-state index in [4.69, 9.17) is 4.74 Å². The van der Waals surface area contributed by atoms with Gasteiger partial charge in [-0.15, -0.1) is 0 Å². The summed E-state index contributed by atoms with van der Waals surface area (Å²) in [5.41, 5.74) is 1.76. The molecule has 0 radical (unpaired) electrons. The van der Waals surface area contributed by atoms with E-state index in [2.05, 4.69) is 15.4 Å². The fourth-order valence-corrected chi connectivity index (χ4v) is 3.01. The van der Waals surface area contributed by atoms with Crippen LogP contribution in [0.25, 0.3) is 16.9 Å². The van der Waals surface area contributed by atoms with Crippen molar-refractivity contribution in [2.45, 2.75) is 18.9 Å². The summed E-state index contributed by atoms with van der Waals surface area (Å²) in [6.45, 7) is 1.20. The molecule has 3 heterocycles. The molecule has 0 saturated carbocycles. The second-order valence-corrected chi connectivity index (χ2v) is 6.04. The van der Waals surface area contributed by atoms with Crippen LogP contribution in [0.4, 0.5) is 0 Å². The Morgan fingerprint density at radius 2 is 2.20 bits per heavy atom. The van der Waals surface area contributed by atoms with Crippen LogP contribution in [0.1, 0.15) is 23.2 Å². The molecule has 1 atom stereocenters. The van der Waals surface area contributed by atoms with E-state index in [9.17, 15) is 9.59 Å². The summed E-state index contributed by atoms with van der Waals surface area (Å²) >= 11 is 0. The molecular formula is C18H18N4O3. The lowest BCUT2D eigenvalue weighted by molar-refractivity contribution is 0.0859. The number of ether oxygens (including phenoxy) is 1. The van der Waals surface area contributed by atoms with Crippen molar-refractivity contribution in [2.24, 2.45) is 0 Å². The SMILES string of the molecule is O=C(NCC1CCCO1)c1c[nH]n2c(=O)cc(-c3ccccc3)nc12. The van der Waals surface area contributed by atoms with E-state index in [0.717, 1.165) is 25.0 Å². The van der Waals surface area contributed by atoms with Crippen LogP contribution in [0, 0.1) is 0 Å². The quantitative estimate of drug-likeness (QED) is 0.756. The van der Waals surface area contributed by atoms with Crippen molar-refractivity contribution < 1.29 is 9.53 Å². The fraction of sp³-hybridized carbons (Fsp3) is 0.278. The molecule has 3 aromatic rings. The average Bonchev–Trinajstić information content (AvgIpc) is 3.30. The van der Waals surface area contributed by atoms with Crippen molar-refractivity contribution >= 4 is 11.6 Å². The van der Waals surface area contributed by atoms with Gasteiger partial charge in [-0.1, -0.05) is 30.3 Å². The van der Waals surface area contributed by atoms with Gasteiger partial charge in [0.1, 0.15) is 5.56 Å². The summed E-state index contributed by atoms with van der Waals surface area (Å²) in [7, 11) is 0. The van der Waals surface area contributed by atoms with E-state index in [0.29, 0.717) is 23.4 Å². The smallest absolute Gasteiger partial charge is 0.273 e. The highest BCUT2D eigenvalue weighted by atomic mass is 16.5. The third-order valence-electron chi connectivity index (χ3n) is 4.33. The van der Waals surface area contributed by atoms with Gasteiger partial charge in [0.05, 0.1) is 11.8 Å². The van der Waals surface area contributed by atoms with E-state index < -0.39 is 0 Å². The van der Waals surface area contributed by atoms with E-state index in [-0.39, 0.29) is 17.6 Å². The van der Waals surface area contributed by atoms with Crippen LogP contribution in [-0.2, 0) is 4.74 Å². The molecule has 1 aliphatic heterocycles. The van der Waals surface area contributed by atoms with Crippen LogP contribution >= 0.6 is 0 Å². The largest absolute Gasteiger partial charge is 0.376 e. The van der Waals surface area contributed by atoms with E-state index in [1.165, 1.54) is 16.8 Å². The molecule has 1 fully saturated rings. The van der Waals surface area contributed by atoms with Gasteiger partial charge in [-0.3, -0.25) is 14.7 Å².